The molecule has 23 heavy (non-hydrogen) atoms. The number of hydrogen-bond acceptors (Lipinski definition) is 4. The predicted molar refractivity (Wildman–Crippen MR) is 96.0 cm³/mol. The average Bonchev–Trinajstić information content (AvgIpc) is 3.02. The van der Waals surface area contributed by atoms with Crippen molar-refractivity contribution in [3.8, 4) is 0 Å². The van der Waals surface area contributed by atoms with Gasteiger partial charge in [-0.1, -0.05) is 35.8 Å². The van der Waals surface area contributed by atoms with Crippen molar-refractivity contribution in [3.63, 3.8) is 0 Å². The number of thiophene rings is 1. The molecule has 1 amide bonds. The van der Waals surface area contributed by atoms with Crippen LogP contribution in [0.1, 0.15) is 13.8 Å². The highest BCUT2D eigenvalue weighted by molar-refractivity contribution is 9.10. The van der Waals surface area contributed by atoms with Gasteiger partial charge in [-0.15, -0.1) is 11.3 Å². The molecule has 8 heteroatoms. The molecular weight excluding hydrogens is 400 g/mol. The summed E-state index contributed by atoms with van der Waals surface area (Å²) >= 11 is 4.44. The molecule has 2 aromatic rings. The third-order valence-electron chi connectivity index (χ3n) is 3.10. The van der Waals surface area contributed by atoms with Crippen LogP contribution in [0.15, 0.2) is 50.5 Å². The van der Waals surface area contributed by atoms with Crippen LogP contribution in [-0.2, 0) is 14.8 Å². The van der Waals surface area contributed by atoms with E-state index in [9.17, 15) is 13.2 Å². The zero-order valence-corrected chi connectivity index (χ0v) is 15.8. The van der Waals surface area contributed by atoms with E-state index in [0.717, 1.165) is 15.8 Å². The molecule has 0 saturated heterocycles. The van der Waals surface area contributed by atoms with Gasteiger partial charge in [-0.25, -0.2) is 8.42 Å². The van der Waals surface area contributed by atoms with E-state index in [1.165, 1.54) is 6.07 Å². The fraction of sp³-hybridized carbons (Fsp3) is 0.267. The minimum absolute atomic E-state index is 0.194. The van der Waals surface area contributed by atoms with Crippen molar-refractivity contribution in [2.75, 3.05) is 5.32 Å². The first-order valence-electron chi connectivity index (χ1n) is 6.92. The van der Waals surface area contributed by atoms with Crippen LogP contribution in [0.2, 0.25) is 0 Å². The molecule has 0 aliphatic rings. The van der Waals surface area contributed by atoms with Crippen LogP contribution in [0.25, 0.3) is 0 Å². The maximum atomic E-state index is 12.4. The molecule has 1 atom stereocenters. The van der Waals surface area contributed by atoms with Gasteiger partial charge < -0.3 is 5.32 Å². The first-order chi connectivity index (χ1) is 10.8. The largest absolute Gasteiger partial charge is 0.325 e. The molecule has 0 aliphatic carbocycles. The van der Waals surface area contributed by atoms with E-state index in [1.807, 2.05) is 0 Å². The lowest BCUT2D eigenvalue weighted by Crippen LogP contribution is -2.46. The molecule has 1 aromatic carbocycles. The van der Waals surface area contributed by atoms with Crippen LogP contribution in [0.5, 0.6) is 0 Å². The summed E-state index contributed by atoms with van der Waals surface area (Å²) in [5.41, 5.74) is 0.610. The summed E-state index contributed by atoms with van der Waals surface area (Å²) < 4.78 is 28.2. The Hall–Kier alpha value is -1.22. The standard InChI is InChI=1S/C15H17BrN2O3S2/c1-10(2)14(18-23(20,21)13-4-3-9-22-13)15(19)17-12-7-5-11(16)6-8-12/h3-10,14,18H,1-2H3,(H,17,19)/t14-/m0/s1. The minimum atomic E-state index is -3.71. The third-order valence-corrected chi connectivity index (χ3v) is 6.47. The van der Waals surface area contributed by atoms with Gasteiger partial charge in [-0.2, -0.15) is 4.72 Å². The molecule has 0 unspecified atom stereocenters. The molecule has 0 aliphatic heterocycles. The van der Waals surface area contributed by atoms with Gasteiger partial charge >= 0.3 is 0 Å². The number of nitrogens with one attached hydrogen (secondary N) is 2. The Balaban J connectivity index is 2.15. The fourth-order valence-corrected chi connectivity index (χ4v) is 4.51. The highest BCUT2D eigenvalue weighted by Crippen LogP contribution is 2.19. The van der Waals surface area contributed by atoms with E-state index >= 15 is 0 Å². The molecular formula is C15H17BrN2O3S2. The van der Waals surface area contributed by atoms with E-state index in [-0.39, 0.29) is 16.0 Å². The third kappa shape index (κ3) is 4.87. The van der Waals surface area contributed by atoms with Gasteiger partial charge in [0.2, 0.25) is 5.91 Å². The minimum Gasteiger partial charge on any atom is -0.325 e. The molecule has 0 spiro atoms. The van der Waals surface area contributed by atoms with Crippen LogP contribution in [0, 0.1) is 5.92 Å². The Morgan fingerprint density at radius 3 is 2.35 bits per heavy atom. The second-order valence-electron chi connectivity index (χ2n) is 5.27. The molecule has 2 N–H and O–H groups in total. The molecule has 0 saturated carbocycles. The van der Waals surface area contributed by atoms with Crippen LogP contribution in [0.4, 0.5) is 5.69 Å². The summed E-state index contributed by atoms with van der Waals surface area (Å²) in [4.78, 5) is 12.4. The number of rotatable bonds is 6. The van der Waals surface area contributed by atoms with Gasteiger partial charge in [0.15, 0.2) is 0 Å². The van der Waals surface area contributed by atoms with Crippen molar-refractivity contribution < 1.29 is 13.2 Å². The normalized spacial score (nSPS) is 13.0. The van der Waals surface area contributed by atoms with Crippen molar-refractivity contribution in [1.29, 1.82) is 0 Å². The fourth-order valence-electron chi connectivity index (χ4n) is 1.89. The van der Waals surface area contributed by atoms with Crippen molar-refractivity contribution in [1.82, 2.24) is 4.72 Å². The van der Waals surface area contributed by atoms with Crippen molar-refractivity contribution >= 4 is 48.9 Å². The molecule has 1 heterocycles. The van der Waals surface area contributed by atoms with Crippen molar-refractivity contribution in [3.05, 3.63) is 46.3 Å². The second-order valence-corrected chi connectivity index (χ2v) is 9.08. The van der Waals surface area contributed by atoms with Crippen LogP contribution >= 0.6 is 27.3 Å². The number of amides is 1. The maximum Gasteiger partial charge on any atom is 0.250 e. The highest BCUT2D eigenvalue weighted by Gasteiger charge is 2.28. The summed E-state index contributed by atoms with van der Waals surface area (Å²) in [6.07, 6.45) is 0. The lowest BCUT2D eigenvalue weighted by atomic mass is 10.0. The monoisotopic (exact) mass is 416 g/mol. The van der Waals surface area contributed by atoms with Crippen molar-refractivity contribution in [2.24, 2.45) is 5.92 Å². The van der Waals surface area contributed by atoms with Crippen LogP contribution in [-0.4, -0.2) is 20.4 Å². The van der Waals surface area contributed by atoms with E-state index in [2.05, 4.69) is 26.0 Å². The number of halogens is 1. The number of carbonyl (C=O) groups is 1. The summed E-state index contributed by atoms with van der Waals surface area (Å²) in [6, 6.07) is 9.40. The van der Waals surface area contributed by atoms with Crippen LogP contribution in [0.3, 0.4) is 0 Å². The molecule has 5 nitrogen and oxygen atoms in total. The Morgan fingerprint density at radius 1 is 1.17 bits per heavy atom. The van der Waals surface area contributed by atoms with E-state index in [0.29, 0.717) is 5.69 Å². The average molecular weight is 417 g/mol. The molecule has 0 radical (unpaired) electrons. The molecule has 0 fully saturated rings. The zero-order valence-electron chi connectivity index (χ0n) is 12.6. The molecule has 0 bridgehead atoms. The summed E-state index contributed by atoms with van der Waals surface area (Å²) in [5.74, 6) is -0.581. The number of carbonyl (C=O) groups excluding carboxylic acids is 1. The molecule has 2 rings (SSSR count). The summed E-state index contributed by atoms with van der Waals surface area (Å²) in [5, 5.41) is 4.42. The van der Waals surface area contributed by atoms with Gasteiger partial charge in [0.05, 0.1) is 0 Å². The summed E-state index contributed by atoms with van der Waals surface area (Å²) in [7, 11) is -3.71. The van der Waals surface area contributed by atoms with E-state index in [4.69, 9.17) is 0 Å². The first-order valence-corrected chi connectivity index (χ1v) is 10.1. The smallest absolute Gasteiger partial charge is 0.250 e. The molecule has 1 aromatic heterocycles. The number of benzene rings is 1. The van der Waals surface area contributed by atoms with Crippen molar-refractivity contribution in [2.45, 2.75) is 24.1 Å². The van der Waals surface area contributed by atoms with Gasteiger partial charge in [0.1, 0.15) is 10.3 Å². The highest BCUT2D eigenvalue weighted by atomic mass is 79.9. The lowest BCUT2D eigenvalue weighted by molar-refractivity contribution is -0.118. The Kier molecular flexibility index (Phi) is 5.96. The SMILES string of the molecule is CC(C)[C@H](NS(=O)(=O)c1cccs1)C(=O)Nc1ccc(Br)cc1. The Labute approximate surface area is 148 Å². The maximum absolute atomic E-state index is 12.4. The predicted octanol–water partition coefficient (Wildman–Crippen LogP) is 3.45. The number of sulfonamides is 1. The lowest BCUT2D eigenvalue weighted by Gasteiger charge is -2.21. The topological polar surface area (TPSA) is 75.3 Å². The van der Waals surface area contributed by atoms with Crippen LogP contribution < -0.4 is 10.0 Å². The molecule has 124 valence electrons. The van der Waals surface area contributed by atoms with Gasteiger partial charge in [0.25, 0.3) is 10.0 Å². The van der Waals surface area contributed by atoms with Gasteiger partial charge in [-0.05, 0) is 41.6 Å². The first kappa shape index (κ1) is 18.1. The zero-order chi connectivity index (χ0) is 17.0. The quantitative estimate of drug-likeness (QED) is 0.756. The summed E-state index contributed by atoms with van der Waals surface area (Å²) in [6.45, 7) is 3.59. The second kappa shape index (κ2) is 7.57. The number of anilines is 1. The van der Waals surface area contributed by atoms with Gasteiger partial charge in [-0.3, -0.25) is 4.79 Å². The number of hydrogen-bond donors (Lipinski definition) is 2. The Bertz CT molecular complexity index is 757. The Morgan fingerprint density at radius 2 is 1.83 bits per heavy atom. The van der Waals surface area contributed by atoms with Gasteiger partial charge in [0, 0.05) is 10.2 Å². The van der Waals surface area contributed by atoms with E-state index in [1.54, 1.807) is 49.6 Å². The van der Waals surface area contributed by atoms with E-state index < -0.39 is 16.1 Å².